The topological polar surface area (TPSA) is 36.1 Å². The molecular formula is C42H33N3. The summed E-state index contributed by atoms with van der Waals surface area (Å²) < 4.78 is 0. The highest BCUT2D eigenvalue weighted by molar-refractivity contribution is 5.90. The minimum atomic E-state index is 0.962. The quantitative estimate of drug-likeness (QED) is 0.159. The monoisotopic (exact) mass is 579 g/mol. The van der Waals surface area contributed by atoms with Crippen molar-refractivity contribution < 1.29 is 0 Å². The van der Waals surface area contributed by atoms with Gasteiger partial charge in [0.15, 0.2) is 0 Å². The van der Waals surface area contributed by atoms with E-state index in [1.165, 1.54) is 33.4 Å². The van der Waals surface area contributed by atoms with Crippen LogP contribution in [0.1, 0.15) is 0 Å². The minimum Gasteiger partial charge on any atom is -0.354 e. The van der Waals surface area contributed by atoms with Crippen LogP contribution < -0.4 is 16.0 Å². The zero-order valence-corrected chi connectivity index (χ0v) is 24.8. The van der Waals surface area contributed by atoms with Crippen LogP contribution in [0.5, 0.6) is 0 Å². The van der Waals surface area contributed by atoms with Gasteiger partial charge in [0.1, 0.15) is 0 Å². The number of nitrogens with one attached hydrogen (secondary N) is 3. The van der Waals surface area contributed by atoms with E-state index in [0.29, 0.717) is 0 Å². The molecule has 7 aromatic carbocycles. The molecule has 0 aromatic heterocycles. The van der Waals surface area contributed by atoms with Crippen LogP contribution in [-0.2, 0) is 0 Å². The van der Waals surface area contributed by atoms with E-state index in [2.05, 4.69) is 180 Å². The Hall–Kier alpha value is -6.06. The zero-order chi connectivity index (χ0) is 30.3. The lowest BCUT2D eigenvalue weighted by atomic mass is 10.0. The molecule has 7 aromatic rings. The van der Waals surface area contributed by atoms with Gasteiger partial charge in [-0.15, -0.1) is 0 Å². The van der Waals surface area contributed by atoms with Gasteiger partial charge in [-0.05, 0) is 81.9 Å². The predicted octanol–water partition coefficient (Wildman–Crippen LogP) is 11.9. The number of para-hydroxylation sites is 1. The number of rotatable bonds is 9. The average Bonchev–Trinajstić information content (AvgIpc) is 3.12. The van der Waals surface area contributed by atoms with Gasteiger partial charge in [0, 0.05) is 17.1 Å². The van der Waals surface area contributed by atoms with E-state index in [0.717, 1.165) is 34.1 Å². The lowest BCUT2D eigenvalue weighted by Crippen LogP contribution is -2.02. The van der Waals surface area contributed by atoms with Gasteiger partial charge in [0.05, 0.1) is 17.1 Å². The molecule has 0 bridgehead atoms. The molecule has 0 saturated carbocycles. The summed E-state index contributed by atoms with van der Waals surface area (Å²) in [7, 11) is 0. The maximum Gasteiger partial charge on any atom is 0.0862 e. The molecule has 0 saturated heterocycles. The summed E-state index contributed by atoms with van der Waals surface area (Å²) in [5.41, 5.74) is 13.1. The molecule has 7 rings (SSSR count). The van der Waals surface area contributed by atoms with Crippen LogP contribution in [0, 0.1) is 0 Å². The summed E-state index contributed by atoms with van der Waals surface area (Å²) in [4.78, 5) is 0. The predicted molar refractivity (Wildman–Crippen MR) is 192 cm³/mol. The van der Waals surface area contributed by atoms with Gasteiger partial charge in [-0.3, -0.25) is 0 Å². The normalized spacial score (nSPS) is 10.7. The van der Waals surface area contributed by atoms with Gasteiger partial charge in [-0.2, -0.15) is 0 Å². The molecular weight excluding hydrogens is 546 g/mol. The molecule has 3 N–H and O–H groups in total. The fourth-order valence-electron chi connectivity index (χ4n) is 5.48. The number of anilines is 6. The third-order valence-electron chi connectivity index (χ3n) is 7.87. The summed E-state index contributed by atoms with van der Waals surface area (Å²) in [6.07, 6.45) is 0. The molecule has 3 nitrogen and oxygen atoms in total. The molecule has 3 heteroatoms. The molecule has 0 radical (unpaired) electrons. The number of hydrogen-bond donors (Lipinski definition) is 3. The van der Waals surface area contributed by atoms with Gasteiger partial charge in [-0.25, -0.2) is 0 Å². The Balaban J connectivity index is 1.19. The largest absolute Gasteiger partial charge is 0.354 e. The van der Waals surface area contributed by atoms with Crippen LogP contribution in [-0.4, -0.2) is 0 Å². The second-order valence-corrected chi connectivity index (χ2v) is 10.9. The first-order valence-electron chi connectivity index (χ1n) is 15.2. The molecule has 0 atom stereocenters. The van der Waals surface area contributed by atoms with Crippen molar-refractivity contribution >= 4 is 34.1 Å². The Kier molecular flexibility index (Phi) is 8.06. The van der Waals surface area contributed by atoms with Crippen molar-refractivity contribution in [2.24, 2.45) is 0 Å². The highest BCUT2D eigenvalue weighted by Crippen LogP contribution is 2.38. The smallest absolute Gasteiger partial charge is 0.0862 e. The van der Waals surface area contributed by atoms with Crippen molar-refractivity contribution in [3.63, 3.8) is 0 Å². The molecule has 0 heterocycles. The van der Waals surface area contributed by atoms with Crippen LogP contribution in [0.15, 0.2) is 182 Å². The second kappa shape index (κ2) is 13.1. The van der Waals surface area contributed by atoms with E-state index in [9.17, 15) is 0 Å². The molecule has 0 aliphatic heterocycles. The van der Waals surface area contributed by atoms with Crippen LogP contribution in [0.25, 0.3) is 33.4 Å². The molecule has 0 fully saturated rings. The van der Waals surface area contributed by atoms with Gasteiger partial charge in [0.25, 0.3) is 0 Å². The van der Waals surface area contributed by atoms with Gasteiger partial charge in [0.2, 0.25) is 0 Å². The first kappa shape index (κ1) is 27.8. The Bertz CT molecular complexity index is 1860. The third kappa shape index (κ3) is 6.64. The van der Waals surface area contributed by atoms with E-state index in [1.54, 1.807) is 0 Å². The summed E-state index contributed by atoms with van der Waals surface area (Å²) in [5.74, 6) is 0. The van der Waals surface area contributed by atoms with Gasteiger partial charge < -0.3 is 16.0 Å². The number of hydrogen-bond acceptors (Lipinski definition) is 3. The van der Waals surface area contributed by atoms with E-state index in [1.807, 2.05) is 18.2 Å². The van der Waals surface area contributed by atoms with E-state index < -0.39 is 0 Å². The first-order valence-corrected chi connectivity index (χ1v) is 15.2. The van der Waals surface area contributed by atoms with E-state index >= 15 is 0 Å². The third-order valence-corrected chi connectivity index (χ3v) is 7.87. The standard InChI is InChI=1S/C42H33N3/c1-4-11-31(12-5-1)34-19-25-37(26-20-34)43-40-17-10-18-41(44-38-27-21-35(22-28-38)32-13-6-2-7-14-32)42(40)45-39-29-23-36(24-30-39)33-15-8-3-9-16-33/h1-30,43-45H. The van der Waals surface area contributed by atoms with Crippen molar-refractivity contribution in [3.05, 3.63) is 182 Å². The maximum absolute atomic E-state index is 3.71. The van der Waals surface area contributed by atoms with Crippen molar-refractivity contribution in [1.29, 1.82) is 0 Å². The molecule has 0 spiro atoms. The van der Waals surface area contributed by atoms with E-state index in [4.69, 9.17) is 0 Å². The Morgan fingerprint density at radius 2 is 0.511 bits per heavy atom. The first-order chi connectivity index (χ1) is 22.3. The molecule has 45 heavy (non-hydrogen) atoms. The molecule has 0 aliphatic carbocycles. The van der Waals surface area contributed by atoms with Crippen molar-refractivity contribution in [3.8, 4) is 33.4 Å². The van der Waals surface area contributed by atoms with Gasteiger partial charge in [-0.1, -0.05) is 133 Å². The Morgan fingerprint density at radius 3 is 0.844 bits per heavy atom. The van der Waals surface area contributed by atoms with Gasteiger partial charge >= 0.3 is 0 Å². The number of benzene rings is 7. The summed E-state index contributed by atoms with van der Waals surface area (Å²) in [5, 5.41) is 11.0. The van der Waals surface area contributed by atoms with Crippen LogP contribution in [0.2, 0.25) is 0 Å². The molecule has 216 valence electrons. The van der Waals surface area contributed by atoms with Crippen LogP contribution in [0.4, 0.5) is 34.1 Å². The van der Waals surface area contributed by atoms with Crippen molar-refractivity contribution in [1.82, 2.24) is 0 Å². The SMILES string of the molecule is c1ccc(-c2ccc(Nc3cccc(Nc4ccc(-c5ccccc5)cc4)c3Nc3ccc(-c4ccccc4)cc3)cc2)cc1. The lowest BCUT2D eigenvalue weighted by Gasteiger charge is -2.20. The lowest BCUT2D eigenvalue weighted by molar-refractivity contribution is 1.47. The van der Waals surface area contributed by atoms with Crippen molar-refractivity contribution in [2.75, 3.05) is 16.0 Å². The summed E-state index contributed by atoms with van der Waals surface area (Å²) >= 11 is 0. The van der Waals surface area contributed by atoms with Crippen molar-refractivity contribution in [2.45, 2.75) is 0 Å². The molecule has 0 amide bonds. The molecule has 0 aliphatic rings. The fourth-order valence-corrected chi connectivity index (χ4v) is 5.48. The average molecular weight is 580 g/mol. The Labute approximate surface area is 264 Å². The highest BCUT2D eigenvalue weighted by Gasteiger charge is 2.11. The van der Waals surface area contributed by atoms with Crippen LogP contribution >= 0.6 is 0 Å². The molecule has 0 unspecified atom stereocenters. The summed E-state index contributed by atoms with van der Waals surface area (Å²) in [6, 6.07) is 63.4. The minimum absolute atomic E-state index is 0.962. The second-order valence-electron chi connectivity index (χ2n) is 10.9. The summed E-state index contributed by atoms with van der Waals surface area (Å²) in [6.45, 7) is 0. The maximum atomic E-state index is 3.71. The fraction of sp³-hybridized carbons (Fsp3) is 0. The highest BCUT2D eigenvalue weighted by atomic mass is 15.0. The van der Waals surface area contributed by atoms with Crippen LogP contribution in [0.3, 0.4) is 0 Å². The van der Waals surface area contributed by atoms with E-state index in [-0.39, 0.29) is 0 Å². The Morgan fingerprint density at radius 1 is 0.222 bits per heavy atom. The zero-order valence-electron chi connectivity index (χ0n) is 24.8.